The summed E-state index contributed by atoms with van der Waals surface area (Å²) in [6.45, 7) is 0.652. The quantitative estimate of drug-likeness (QED) is 0.0682. The Morgan fingerprint density at radius 1 is 0.366 bits per heavy atom. The molecule has 6 aliphatic rings. The van der Waals surface area contributed by atoms with Crippen LogP contribution in [0.25, 0.3) is 0 Å². The zero-order valence-electron chi connectivity index (χ0n) is 38.6. The van der Waals surface area contributed by atoms with E-state index in [1.165, 1.54) is 13.8 Å². The molecule has 6 aliphatic heterocycles. The van der Waals surface area contributed by atoms with Gasteiger partial charge in [-0.05, 0) is 13.8 Å². The van der Waals surface area contributed by atoms with Gasteiger partial charge >= 0.3 is 0 Å². The summed E-state index contributed by atoms with van der Waals surface area (Å²) in [7, 11) is 0. The third-order valence-electron chi connectivity index (χ3n) is 13.2. The largest absolute Gasteiger partial charge is 0.394 e. The molecule has 0 aromatic carbocycles. The lowest BCUT2D eigenvalue weighted by molar-refractivity contribution is -0.403. The first kappa shape index (κ1) is 58.1. The molecule has 30 atom stereocenters. The molecule has 31 heteroatoms. The summed E-state index contributed by atoms with van der Waals surface area (Å²) in [6.07, 6.45) is -52.1. The van der Waals surface area contributed by atoms with Crippen molar-refractivity contribution < 1.29 is 143 Å². The summed E-state index contributed by atoms with van der Waals surface area (Å²) < 4.78 is 64.7. The fraction of sp³-hybridized carbons (Fsp3) is 0.950. The van der Waals surface area contributed by atoms with E-state index in [0.717, 1.165) is 13.8 Å². The number of nitrogens with one attached hydrogen (secondary N) is 2. The van der Waals surface area contributed by atoms with E-state index < -0.39 is 222 Å². The Labute approximate surface area is 403 Å². The van der Waals surface area contributed by atoms with Gasteiger partial charge in [-0.3, -0.25) is 9.59 Å². The van der Waals surface area contributed by atoms with Crippen LogP contribution in [0.4, 0.5) is 0 Å². The number of hydrogen-bond donors (Lipinski definition) is 18. The molecule has 31 nitrogen and oxygen atoms in total. The Morgan fingerprint density at radius 3 is 1.25 bits per heavy atom. The van der Waals surface area contributed by atoms with Crippen LogP contribution in [0.15, 0.2) is 0 Å². The minimum Gasteiger partial charge on any atom is -0.394 e. The highest BCUT2D eigenvalue weighted by molar-refractivity contribution is 5.73. The molecule has 0 aromatic rings. The molecule has 2 amide bonds. The first-order chi connectivity index (χ1) is 33.5. The number of rotatable bonds is 16. The Kier molecular flexibility index (Phi) is 20.2. The molecule has 0 radical (unpaired) electrons. The van der Waals surface area contributed by atoms with E-state index in [1.807, 2.05) is 0 Å². The van der Waals surface area contributed by atoms with Crippen molar-refractivity contribution in [2.45, 2.75) is 212 Å². The first-order valence-corrected chi connectivity index (χ1v) is 22.8. The van der Waals surface area contributed by atoms with Crippen LogP contribution >= 0.6 is 0 Å². The third kappa shape index (κ3) is 12.4. The summed E-state index contributed by atoms with van der Waals surface area (Å²) in [4.78, 5) is 25.0. The van der Waals surface area contributed by atoms with Crippen molar-refractivity contribution in [1.82, 2.24) is 10.6 Å². The number of aliphatic hydroxyl groups excluding tert-OH is 16. The van der Waals surface area contributed by atoms with Crippen LogP contribution < -0.4 is 10.6 Å². The second-order valence-corrected chi connectivity index (χ2v) is 18.2. The lowest BCUT2D eigenvalue weighted by Gasteiger charge is -2.52. The van der Waals surface area contributed by atoms with Crippen molar-refractivity contribution >= 4 is 11.8 Å². The van der Waals surface area contributed by atoms with Crippen LogP contribution in [-0.4, -0.2) is 304 Å². The van der Waals surface area contributed by atoms with Crippen molar-refractivity contribution in [1.29, 1.82) is 0 Å². The highest BCUT2D eigenvalue weighted by Crippen LogP contribution is 2.38. The van der Waals surface area contributed by atoms with E-state index in [0.29, 0.717) is 0 Å². The molecule has 6 saturated heterocycles. The molecule has 0 spiro atoms. The Hall–Kier alpha value is -2.14. The van der Waals surface area contributed by atoms with E-state index in [2.05, 4.69) is 10.6 Å². The minimum atomic E-state index is -2.09. The molecule has 6 heterocycles. The molecule has 71 heavy (non-hydrogen) atoms. The third-order valence-corrected chi connectivity index (χ3v) is 13.2. The molecular weight excluding hydrogens is 972 g/mol. The van der Waals surface area contributed by atoms with E-state index in [4.69, 9.17) is 52.1 Å². The van der Waals surface area contributed by atoms with Gasteiger partial charge in [0.1, 0.15) is 134 Å². The van der Waals surface area contributed by atoms with Crippen molar-refractivity contribution in [2.75, 3.05) is 26.4 Å². The van der Waals surface area contributed by atoms with Gasteiger partial charge in [-0.2, -0.15) is 0 Å². The van der Waals surface area contributed by atoms with Gasteiger partial charge in [-0.1, -0.05) is 0 Å². The van der Waals surface area contributed by atoms with Crippen LogP contribution in [0, 0.1) is 0 Å². The molecule has 412 valence electrons. The normalized spacial score (nSPS) is 50.8. The summed E-state index contributed by atoms with van der Waals surface area (Å²) in [6, 6.07) is -3.45. The van der Waals surface area contributed by atoms with E-state index >= 15 is 0 Å². The highest BCUT2D eigenvalue weighted by Gasteiger charge is 2.59. The van der Waals surface area contributed by atoms with Gasteiger partial charge in [0.2, 0.25) is 11.8 Å². The number of amides is 2. The molecule has 1 unspecified atom stereocenters. The fourth-order valence-corrected chi connectivity index (χ4v) is 9.16. The van der Waals surface area contributed by atoms with Crippen LogP contribution in [0.2, 0.25) is 0 Å². The summed E-state index contributed by atoms with van der Waals surface area (Å²) >= 11 is 0. The van der Waals surface area contributed by atoms with Crippen LogP contribution in [0.5, 0.6) is 0 Å². The molecule has 6 rings (SSSR count). The Morgan fingerprint density at radius 2 is 0.761 bits per heavy atom. The SMILES string of the molecule is CC(=O)N[C@H]1[C@@H](O[C@H]2[C@@H](O)[C@@H](CO)O[C@@H](O[C@H]3[C@H](O)[C@@H](NC(C)=O)C(O)O[C@@H]3CO)[C@@H]2O[C@@H]2O[C@@H](C)[C@@H](O)[C@@H](O)[C@@H]2O)O[C@H](CO)[C@H](O)[C@@H]1O[C@@H]1O[C@H](CO)[C@H](O)[C@H](O)[C@H]1O[C@@H]1O[C@@H](C)[C@@H](O)[C@@H](O)[C@@H]1O. The monoisotopic (exact) mass is 1040 g/mol. The Bertz CT molecular complexity index is 1710. The van der Waals surface area contributed by atoms with Gasteiger partial charge in [-0.15, -0.1) is 0 Å². The molecule has 0 aliphatic carbocycles. The molecule has 18 N–H and O–H groups in total. The predicted octanol–water partition coefficient (Wildman–Crippen LogP) is -11.8. The maximum absolute atomic E-state index is 13.0. The Balaban J connectivity index is 1.39. The number of carbonyl (C=O) groups is 2. The maximum atomic E-state index is 13.0. The van der Waals surface area contributed by atoms with Crippen LogP contribution in [0.3, 0.4) is 0 Å². The highest BCUT2D eigenvalue weighted by atomic mass is 16.8. The topological polar surface area (TPSA) is 483 Å². The van der Waals surface area contributed by atoms with Crippen molar-refractivity contribution in [3.05, 3.63) is 0 Å². The van der Waals surface area contributed by atoms with Gasteiger partial charge in [-0.25, -0.2) is 0 Å². The number of aliphatic hydroxyl groups is 16. The zero-order chi connectivity index (χ0) is 52.5. The summed E-state index contributed by atoms with van der Waals surface area (Å²) in [5, 5.41) is 178. The second-order valence-electron chi connectivity index (χ2n) is 18.2. The first-order valence-electron chi connectivity index (χ1n) is 22.8. The zero-order valence-corrected chi connectivity index (χ0v) is 38.6. The average Bonchev–Trinajstić information content (AvgIpc) is 3.33. The molecule has 0 saturated carbocycles. The van der Waals surface area contributed by atoms with Crippen molar-refractivity contribution in [3.63, 3.8) is 0 Å². The number of ether oxygens (including phenoxy) is 11. The second kappa shape index (κ2) is 24.7. The van der Waals surface area contributed by atoms with Crippen LogP contribution in [-0.2, 0) is 61.7 Å². The van der Waals surface area contributed by atoms with Crippen molar-refractivity contribution in [2.24, 2.45) is 0 Å². The molecule has 0 bridgehead atoms. The van der Waals surface area contributed by atoms with E-state index in [-0.39, 0.29) is 0 Å². The minimum absolute atomic E-state index is 0.745. The average molecular weight is 1040 g/mol. The molecular formula is C40H68N2O29. The van der Waals surface area contributed by atoms with Gasteiger partial charge in [0.05, 0.1) is 38.6 Å². The number of hydrogen-bond acceptors (Lipinski definition) is 29. The lowest BCUT2D eigenvalue weighted by atomic mass is 9.93. The predicted molar refractivity (Wildman–Crippen MR) is 220 cm³/mol. The summed E-state index contributed by atoms with van der Waals surface area (Å²) in [5.74, 6) is -1.63. The fourth-order valence-electron chi connectivity index (χ4n) is 9.16. The van der Waals surface area contributed by atoms with Crippen LogP contribution in [0.1, 0.15) is 27.7 Å². The molecule has 6 fully saturated rings. The number of carbonyl (C=O) groups excluding carboxylic acids is 2. The smallest absolute Gasteiger partial charge is 0.217 e. The van der Waals surface area contributed by atoms with E-state index in [1.54, 1.807) is 0 Å². The van der Waals surface area contributed by atoms with Gasteiger partial charge in [0.25, 0.3) is 0 Å². The van der Waals surface area contributed by atoms with Crippen molar-refractivity contribution in [3.8, 4) is 0 Å². The van der Waals surface area contributed by atoms with Gasteiger partial charge in [0, 0.05) is 13.8 Å². The van der Waals surface area contributed by atoms with E-state index in [9.17, 15) is 91.3 Å². The maximum Gasteiger partial charge on any atom is 0.217 e. The molecule has 0 aromatic heterocycles. The standard InChI is InChI=1S/C40H68N2O29/c1-9-19(49)25(55)28(58)37(61-9)70-33-27(57)21(51)13(5-43)65-39(33)68-31-18(42-12(4)48)36(64-14(6-44)22(31)52)69-32-23(53)15(7-45)66-40(34(32)71-38-29(59)26(56)20(50)10(2)62-38)67-30-16(8-46)63-35(60)17(24(30)54)41-11(3)47/h9-10,13-40,43-46,49-60H,5-8H2,1-4H3,(H,41,47)(H,42,48)/t9-,10-,13+,14+,15+,16+,17+,18+,19+,20+,21-,22-,23-,24+,25+,26+,27-,28-,29-,30+,31+,32-,33+,34+,35?,36+,37-,38-,39-,40-/m0/s1. The van der Waals surface area contributed by atoms with Gasteiger partial charge in [0.15, 0.2) is 37.7 Å². The lowest BCUT2D eigenvalue weighted by Crippen LogP contribution is -2.71. The van der Waals surface area contributed by atoms with Gasteiger partial charge < -0.3 is 144 Å². The summed E-state index contributed by atoms with van der Waals surface area (Å²) in [5.41, 5.74) is 0.